The summed E-state index contributed by atoms with van der Waals surface area (Å²) in [4.78, 5) is 10.8. The number of hydrogen-bond acceptors (Lipinski definition) is 5. The minimum absolute atomic E-state index is 0.0898. The van der Waals surface area contributed by atoms with E-state index in [0.717, 1.165) is 6.07 Å². The van der Waals surface area contributed by atoms with Gasteiger partial charge in [0.2, 0.25) is 10.0 Å². The summed E-state index contributed by atoms with van der Waals surface area (Å²) in [5.41, 5.74) is -0.624. The zero-order valence-corrected chi connectivity index (χ0v) is 12.8. The molecule has 1 aliphatic rings. The Morgan fingerprint density at radius 3 is 2.59 bits per heavy atom. The number of benzene rings is 1. The molecule has 0 aromatic heterocycles. The lowest BCUT2D eigenvalue weighted by atomic mass is 9.81. The van der Waals surface area contributed by atoms with Gasteiger partial charge in [0.1, 0.15) is 0 Å². The van der Waals surface area contributed by atoms with Crippen LogP contribution in [0.4, 0.5) is 0 Å². The summed E-state index contributed by atoms with van der Waals surface area (Å²) >= 11 is 0. The summed E-state index contributed by atoms with van der Waals surface area (Å²) in [5.74, 6) is -1.19. The van der Waals surface area contributed by atoms with Gasteiger partial charge in [0.05, 0.1) is 17.1 Å². The maximum absolute atomic E-state index is 12.3. The highest BCUT2D eigenvalue weighted by atomic mass is 32.2. The van der Waals surface area contributed by atoms with Crippen molar-refractivity contribution in [3.63, 3.8) is 0 Å². The quantitative estimate of drug-likeness (QED) is 0.698. The van der Waals surface area contributed by atoms with E-state index in [-0.39, 0.29) is 23.6 Å². The van der Waals surface area contributed by atoms with E-state index in [4.69, 9.17) is 9.84 Å². The first-order valence-corrected chi connectivity index (χ1v) is 8.39. The third kappa shape index (κ3) is 3.83. The van der Waals surface area contributed by atoms with Crippen molar-refractivity contribution in [2.75, 3.05) is 26.4 Å². The Hall–Kier alpha value is -1.48. The third-order valence-electron chi connectivity index (χ3n) is 3.92. The van der Waals surface area contributed by atoms with Crippen LogP contribution >= 0.6 is 0 Å². The molecule has 0 spiro atoms. The molecule has 0 saturated carbocycles. The number of aromatic carboxylic acids is 1. The van der Waals surface area contributed by atoms with Gasteiger partial charge in [0.25, 0.3) is 0 Å². The van der Waals surface area contributed by atoms with Crippen LogP contribution in [0.15, 0.2) is 29.2 Å². The average molecular weight is 329 g/mol. The van der Waals surface area contributed by atoms with Crippen molar-refractivity contribution >= 4 is 16.0 Å². The summed E-state index contributed by atoms with van der Waals surface area (Å²) in [6, 6.07) is 5.16. The van der Waals surface area contributed by atoms with Crippen LogP contribution in [0.5, 0.6) is 0 Å². The maximum atomic E-state index is 12.3. The van der Waals surface area contributed by atoms with E-state index in [1.54, 1.807) is 0 Å². The number of hydrogen-bond donors (Lipinski definition) is 3. The molecule has 1 heterocycles. The number of aliphatic hydroxyl groups excluding tert-OH is 1. The fourth-order valence-electron chi connectivity index (χ4n) is 2.32. The smallest absolute Gasteiger partial charge is 0.335 e. The predicted octanol–water partition coefficient (Wildman–Crippen LogP) is 0.452. The minimum atomic E-state index is -3.83. The maximum Gasteiger partial charge on any atom is 0.335 e. The lowest BCUT2D eigenvalue weighted by Gasteiger charge is -2.35. The average Bonchev–Trinajstić information content (AvgIpc) is 2.54. The lowest BCUT2D eigenvalue weighted by Crippen LogP contribution is -2.43. The van der Waals surface area contributed by atoms with E-state index in [2.05, 4.69) is 4.72 Å². The van der Waals surface area contributed by atoms with Crippen LogP contribution in [0.25, 0.3) is 0 Å². The fraction of sp³-hybridized carbons (Fsp3) is 0.500. The van der Waals surface area contributed by atoms with Crippen molar-refractivity contribution in [1.82, 2.24) is 4.72 Å². The van der Waals surface area contributed by atoms with Gasteiger partial charge in [-0.1, -0.05) is 6.07 Å². The second-order valence-electron chi connectivity index (χ2n) is 5.43. The van der Waals surface area contributed by atoms with Crippen LogP contribution in [0.2, 0.25) is 0 Å². The van der Waals surface area contributed by atoms with Crippen LogP contribution in [-0.2, 0) is 14.8 Å². The molecule has 1 fully saturated rings. The molecule has 2 rings (SSSR count). The van der Waals surface area contributed by atoms with E-state index in [9.17, 15) is 18.3 Å². The highest BCUT2D eigenvalue weighted by Gasteiger charge is 2.33. The number of nitrogens with one attached hydrogen (secondary N) is 1. The van der Waals surface area contributed by atoms with Crippen LogP contribution in [0.1, 0.15) is 23.2 Å². The molecule has 0 aliphatic carbocycles. The number of aliphatic hydroxyl groups is 1. The summed E-state index contributed by atoms with van der Waals surface area (Å²) in [6.45, 7) is 0.925. The summed E-state index contributed by atoms with van der Waals surface area (Å²) in [6.07, 6.45) is 1.14. The van der Waals surface area contributed by atoms with Crippen LogP contribution in [-0.4, -0.2) is 51.0 Å². The largest absolute Gasteiger partial charge is 0.478 e. The normalized spacial score (nSPS) is 18.0. The third-order valence-corrected chi connectivity index (χ3v) is 5.32. The standard InChI is InChI=1S/C14H19NO6S/c16-10-14(4-6-21-7-5-14)9-15-22(19,20)12-3-1-2-11(8-12)13(17)18/h1-3,8,15-16H,4-7,9-10H2,(H,17,18). The van der Waals surface area contributed by atoms with Gasteiger partial charge in [-0.15, -0.1) is 0 Å². The van der Waals surface area contributed by atoms with Gasteiger partial charge in [-0.25, -0.2) is 17.9 Å². The van der Waals surface area contributed by atoms with Crippen molar-refractivity contribution in [2.45, 2.75) is 17.7 Å². The van der Waals surface area contributed by atoms with E-state index >= 15 is 0 Å². The second kappa shape index (κ2) is 6.74. The van der Waals surface area contributed by atoms with E-state index < -0.39 is 21.4 Å². The number of carboxylic acids is 1. The molecule has 1 aliphatic heterocycles. The molecular formula is C14H19NO6S. The highest BCUT2D eigenvalue weighted by molar-refractivity contribution is 7.89. The van der Waals surface area contributed by atoms with Gasteiger partial charge in [-0.2, -0.15) is 0 Å². The van der Waals surface area contributed by atoms with E-state index in [0.29, 0.717) is 26.1 Å². The molecule has 8 heteroatoms. The lowest BCUT2D eigenvalue weighted by molar-refractivity contribution is -0.0126. The molecule has 1 aromatic rings. The first-order valence-electron chi connectivity index (χ1n) is 6.90. The monoisotopic (exact) mass is 329 g/mol. The molecule has 7 nitrogen and oxygen atoms in total. The van der Waals surface area contributed by atoms with Crippen molar-refractivity contribution < 1.29 is 28.2 Å². The van der Waals surface area contributed by atoms with Crippen molar-refractivity contribution in [1.29, 1.82) is 0 Å². The second-order valence-corrected chi connectivity index (χ2v) is 7.19. The molecule has 0 bridgehead atoms. The van der Waals surface area contributed by atoms with Crippen LogP contribution < -0.4 is 4.72 Å². The molecule has 0 atom stereocenters. The molecule has 122 valence electrons. The number of sulfonamides is 1. The van der Waals surface area contributed by atoms with Crippen molar-refractivity contribution in [3.05, 3.63) is 29.8 Å². The number of ether oxygens (including phenoxy) is 1. The summed E-state index contributed by atoms with van der Waals surface area (Å²) in [7, 11) is -3.83. The Bertz CT molecular complexity index is 636. The number of carbonyl (C=O) groups is 1. The van der Waals surface area contributed by atoms with Gasteiger partial charge in [0.15, 0.2) is 0 Å². The Kier molecular flexibility index (Phi) is 5.17. The van der Waals surface area contributed by atoms with Crippen molar-refractivity contribution in [2.24, 2.45) is 5.41 Å². The van der Waals surface area contributed by atoms with Crippen LogP contribution in [0, 0.1) is 5.41 Å². The Morgan fingerprint density at radius 2 is 2.00 bits per heavy atom. The zero-order chi connectivity index (χ0) is 16.2. The predicted molar refractivity (Wildman–Crippen MR) is 78.2 cm³/mol. The van der Waals surface area contributed by atoms with E-state index in [1.165, 1.54) is 18.2 Å². The molecule has 22 heavy (non-hydrogen) atoms. The van der Waals surface area contributed by atoms with Gasteiger partial charge < -0.3 is 14.9 Å². The molecule has 0 unspecified atom stereocenters. The van der Waals surface area contributed by atoms with Gasteiger partial charge >= 0.3 is 5.97 Å². The van der Waals surface area contributed by atoms with Gasteiger partial charge in [-0.05, 0) is 31.0 Å². The zero-order valence-electron chi connectivity index (χ0n) is 12.0. The molecule has 3 N–H and O–H groups in total. The minimum Gasteiger partial charge on any atom is -0.478 e. The molecule has 0 radical (unpaired) electrons. The Labute approximate surface area is 129 Å². The molecule has 1 aromatic carbocycles. The fourth-order valence-corrected chi connectivity index (χ4v) is 3.53. The first kappa shape index (κ1) is 16.9. The topological polar surface area (TPSA) is 113 Å². The van der Waals surface area contributed by atoms with Crippen LogP contribution in [0.3, 0.4) is 0 Å². The highest BCUT2D eigenvalue weighted by Crippen LogP contribution is 2.29. The number of carboxylic acid groups (broad SMARTS) is 1. The SMILES string of the molecule is O=C(O)c1cccc(S(=O)(=O)NCC2(CO)CCOCC2)c1. The Balaban J connectivity index is 2.14. The summed E-state index contributed by atoms with van der Waals surface area (Å²) < 4.78 is 32.3. The molecular weight excluding hydrogens is 310 g/mol. The number of rotatable bonds is 6. The molecule has 1 saturated heterocycles. The van der Waals surface area contributed by atoms with Gasteiger partial charge in [0, 0.05) is 25.2 Å². The summed E-state index contributed by atoms with van der Waals surface area (Å²) in [5, 5.41) is 18.5. The van der Waals surface area contributed by atoms with Gasteiger partial charge in [-0.3, -0.25) is 0 Å². The molecule has 0 amide bonds. The first-order chi connectivity index (χ1) is 10.4. The van der Waals surface area contributed by atoms with Crippen molar-refractivity contribution in [3.8, 4) is 0 Å². The van der Waals surface area contributed by atoms with E-state index in [1.807, 2.05) is 0 Å². The Morgan fingerprint density at radius 1 is 1.32 bits per heavy atom.